The highest BCUT2D eigenvalue weighted by molar-refractivity contribution is 7.17. The molecule has 2 aromatic rings. The lowest BCUT2D eigenvalue weighted by Gasteiger charge is -2.05. The fourth-order valence-electron chi connectivity index (χ4n) is 2.07. The maximum absolute atomic E-state index is 4.35. The summed E-state index contributed by atoms with van der Waals surface area (Å²) in [5, 5.41) is 3.50. The Balaban J connectivity index is 2.35. The van der Waals surface area contributed by atoms with Crippen molar-refractivity contribution in [2.24, 2.45) is 4.99 Å². The number of hydrogen-bond acceptors (Lipinski definition) is 2. The molecular formula is C14H11NS. The third-order valence-corrected chi connectivity index (χ3v) is 3.75. The number of aliphatic imine (C=N–C) groups is 1. The van der Waals surface area contributed by atoms with Gasteiger partial charge in [-0.2, -0.15) is 0 Å². The first-order valence-corrected chi connectivity index (χ1v) is 6.12. The normalized spacial score (nSPS) is 13.6. The van der Waals surface area contributed by atoms with E-state index in [4.69, 9.17) is 0 Å². The van der Waals surface area contributed by atoms with Crippen molar-refractivity contribution >= 4 is 33.2 Å². The molecule has 0 saturated carbocycles. The van der Waals surface area contributed by atoms with Gasteiger partial charge >= 0.3 is 0 Å². The van der Waals surface area contributed by atoms with Gasteiger partial charge in [0.1, 0.15) is 0 Å². The Labute approximate surface area is 98.5 Å². The van der Waals surface area contributed by atoms with Gasteiger partial charge in [-0.25, -0.2) is 0 Å². The summed E-state index contributed by atoms with van der Waals surface area (Å²) in [4.78, 5) is 4.35. The first-order valence-electron chi connectivity index (χ1n) is 5.24. The molecule has 0 N–H and O–H groups in total. The first kappa shape index (κ1) is 9.55. The molecule has 0 fully saturated rings. The van der Waals surface area contributed by atoms with E-state index in [0.717, 1.165) is 6.42 Å². The summed E-state index contributed by atoms with van der Waals surface area (Å²) < 4.78 is 1.33. The van der Waals surface area contributed by atoms with Gasteiger partial charge in [0.2, 0.25) is 0 Å². The Morgan fingerprint density at radius 2 is 2.31 bits per heavy atom. The minimum Gasteiger partial charge on any atom is -0.264 e. The van der Waals surface area contributed by atoms with Crippen molar-refractivity contribution in [2.45, 2.75) is 6.42 Å². The fraction of sp³-hybridized carbons (Fsp3) is 0.0714. The lowest BCUT2D eigenvalue weighted by molar-refractivity contribution is 1.39. The van der Waals surface area contributed by atoms with Crippen molar-refractivity contribution in [3.05, 3.63) is 53.6 Å². The van der Waals surface area contributed by atoms with Gasteiger partial charge in [0.05, 0.1) is 0 Å². The summed E-state index contributed by atoms with van der Waals surface area (Å²) in [5.74, 6) is 0. The van der Waals surface area contributed by atoms with E-state index in [9.17, 15) is 0 Å². The summed E-state index contributed by atoms with van der Waals surface area (Å²) in [6.45, 7) is 3.80. The lowest BCUT2D eigenvalue weighted by Crippen LogP contribution is -1.84. The van der Waals surface area contributed by atoms with Crippen molar-refractivity contribution in [3.63, 3.8) is 0 Å². The highest BCUT2D eigenvalue weighted by atomic mass is 32.1. The molecule has 1 aliphatic heterocycles. The van der Waals surface area contributed by atoms with Crippen LogP contribution in [0, 0.1) is 0 Å². The van der Waals surface area contributed by atoms with Crippen LogP contribution in [0.4, 0.5) is 0 Å². The number of rotatable bonds is 2. The predicted octanol–water partition coefficient (Wildman–Crippen LogP) is 4.25. The zero-order chi connectivity index (χ0) is 11.0. The minimum absolute atomic E-state index is 0.867. The van der Waals surface area contributed by atoms with Gasteiger partial charge in [0.15, 0.2) is 0 Å². The second kappa shape index (κ2) is 3.72. The quantitative estimate of drug-likeness (QED) is 0.677. The monoisotopic (exact) mass is 225 g/mol. The zero-order valence-corrected chi connectivity index (χ0v) is 9.63. The summed E-state index contributed by atoms with van der Waals surface area (Å²) in [5.41, 5.74) is 3.77. The fourth-order valence-corrected chi connectivity index (χ4v) is 3.01. The smallest absolute Gasteiger partial charge is 0.0355 e. The SMILES string of the molecule is C=CCC1=CN=Cc2csc3cccc1c23. The van der Waals surface area contributed by atoms with Crippen LogP contribution >= 0.6 is 11.3 Å². The molecule has 0 amide bonds. The zero-order valence-electron chi connectivity index (χ0n) is 8.81. The number of thiophene rings is 1. The van der Waals surface area contributed by atoms with Crippen molar-refractivity contribution in [1.29, 1.82) is 0 Å². The van der Waals surface area contributed by atoms with Crippen LogP contribution in [0.3, 0.4) is 0 Å². The van der Waals surface area contributed by atoms with Gasteiger partial charge in [0.25, 0.3) is 0 Å². The molecule has 3 rings (SSSR count). The highest BCUT2D eigenvalue weighted by Crippen LogP contribution is 2.34. The molecular weight excluding hydrogens is 214 g/mol. The third kappa shape index (κ3) is 1.34. The van der Waals surface area contributed by atoms with E-state index < -0.39 is 0 Å². The van der Waals surface area contributed by atoms with Crippen molar-refractivity contribution in [2.75, 3.05) is 0 Å². The van der Waals surface area contributed by atoms with Gasteiger partial charge < -0.3 is 0 Å². The average Bonchev–Trinajstić information content (AvgIpc) is 2.62. The number of allylic oxidation sites excluding steroid dienone is 2. The van der Waals surface area contributed by atoms with Gasteiger partial charge in [-0.3, -0.25) is 4.99 Å². The lowest BCUT2D eigenvalue weighted by atomic mass is 9.99. The summed E-state index contributed by atoms with van der Waals surface area (Å²) >= 11 is 1.78. The molecule has 0 bridgehead atoms. The molecule has 78 valence electrons. The van der Waals surface area contributed by atoms with Gasteiger partial charge in [-0.15, -0.1) is 17.9 Å². The maximum Gasteiger partial charge on any atom is 0.0355 e. The molecule has 1 aromatic heterocycles. The van der Waals surface area contributed by atoms with Crippen molar-refractivity contribution in [3.8, 4) is 0 Å². The molecule has 2 heteroatoms. The van der Waals surface area contributed by atoms with Crippen molar-refractivity contribution < 1.29 is 0 Å². The molecule has 1 nitrogen and oxygen atoms in total. The third-order valence-electron chi connectivity index (χ3n) is 2.78. The summed E-state index contributed by atoms with van der Waals surface area (Å²) in [6, 6.07) is 6.44. The van der Waals surface area contributed by atoms with E-state index >= 15 is 0 Å². The van der Waals surface area contributed by atoms with Crippen LogP contribution in [0.25, 0.3) is 15.7 Å². The molecule has 0 aliphatic carbocycles. The minimum atomic E-state index is 0.867. The second-order valence-electron chi connectivity index (χ2n) is 3.80. The molecule has 0 radical (unpaired) electrons. The summed E-state index contributed by atoms with van der Waals surface area (Å²) in [6.07, 6.45) is 6.68. The van der Waals surface area contributed by atoms with Crippen molar-refractivity contribution in [1.82, 2.24) is 0 Å². The van der Waals surface area contributed by atoms with Gasteiger partial charge in [-0.1, -0.05) is 18.2 Å². The van der Waals surface area contributed by atoms with E-state index in [0.29, 0.717) is 0 Å². The Kier molecular flexibility index (Phi) is 2.22. The van der Waals surface area contributed by atoms with Crippen LogP contribution in [0.5, 0.6) is 0 Å². The van der Waals surface area contributed by atoms with Crippen LogP contribution in [0.1, 0.15) is 17.5 Å². The Hall–Kier alpha value is -1.67. The summed E-state index contributed by atoms with van der Waals surface area (Å²) in [7, 11) is 0. The van der Waals surface area contributed by atoms with Crippen LogP contribution in [0.2, 0.25) is 0 Å². The Morgan fingerprint density at radius 3 is 3.19 bits per heavy atom. The first-order chi connectivity index (χ1) is 7.90. The maximum atomic E-state index is 4.35. The Morgan fingerprint density at radius 1 is 1.38 bits per heavy atom. The number of benzene rings is 1. The molecule has 2 heterocycles. The average molecular weight is 225 g/mol. The molecule has 0 saturated heterocycles. The largest absolute Gasteiger partial charge is 0.264 e. The second-order valence-corrected chi connectivity index (χ2v) is 4.71. The van der Waals surface area contributed by atoms with Crippen LogP contribution in [-0.4, -0.2) is 6.21 Å². The molecule has 1 aromatic carbocycles. The number of nitrogens with zero attached hydrogens (tertiary/aromatic N) is 1. The standard InChI is InChI=1S/C14H11NS/c1-2-4-10-7-15-8-11-9-16-13-6-3-5-12(10)14(11)13/h2-3,5-9H,1,4H2. The van der Waals surface area contributed by atoms with E-state index in [-0.39, 0.29) is 0 Å². The molecule has 16 heavy (non-hydrogen) atoms. The van der Waals surface area contributed by atoms with Crippen LogP contribution < -0.4 is 0 Å². The van der Waals surface area contributed by atoms with E-state index in [2.05, 4.69) is 35.2 Å². The van der Waals surface area contributed by atoms with E-state index in [1.807, 2.05) is 18.5 Å². The van der Waals surface area contributed by atoms with Crippen LogP contribution in [-0.2, 0) is 0 Å². The predicted molar refractivity (Wildman–Crippen MR) is 72.2 cm³/mol. The topological polar surface area (TPSA) is 12.4 Å². The number of hydrogen-bond donors (Lipinski definition) is 0. The molecule has 0 spiro atoms. The molecule has 1 aliphatic rings. The molecule has 0 atom stereocenters. The van der Waals surface area contributed by atoms with Crippen LogP contribution in [0.15, 0.2) is 47.4 Å². The van der Waals surface area contributed by atoms with Gasteiger partial charge in [-0.05, 0) is 23.6 Å². The molecule has 0 unspecified atom stereocenters. The highest BCUT2D eigenvalue weighted by Gasteiger charge is 2.12. The van der Waals surface area contributed by atoms with E-state index in [1.165, 1.54) is 26.8 Å². The van der Waals surface area contributed by atoms with E-state index in [1.54, 1.807) is 11.3 Å². The Bertz CT molecular complexity index is 617. The van der Waals surface area contributed by atoms with Gasteiger partial charge in [0, 0.05) is 33.4 Å².